The predicted molar refractivity (Wildman–Crippen MR) is 92.9 cm³/mol. The van der Waals surface area contributed by atoms with E-state index in [1.54, 1.807) is 29.5 Å². The van der Waals surface area contributed by atoms with Crippen LogP contribution in [-0.2, 0) is 17.8 Å². The molecule has 9 heteroatoms. The Kier molecular flexibility index (Phi) is 5.77. The van der Waals surface area contributed by atoms with Crippen LogP contribution >= 0.6 is 23.1 Å². The van der Waals surface area contributed by atoms with E-state index in [1.807, 2.05) is 12.3 Å². The summed E-state index contributed by atoms with van der Waals surface area (Å²) < 4.78 is 19.0. The molecule has 3 rings (SSSR count). The van der Waals surface area contributed by atoms with E-state index in [4.69, 9.17) is 4.42 Å². The van der Waals surface area contributed by atoms with E-state index < -0.39 is 0 Å². The standard InChI is InChI=1S/C16H15FN4O2S2/c1-10-19-12(8-24-10)6-15-20-21-16(23-15)25-9-14(22)18-7-11-4-2-3-5-13(11)17/h2-5,8H,6-7,9H2,1H3,(H,18,22). The zero-order valence-electron chi connectivity index (χ0n) is 13.4. The first-order chi connectivity index (χ1) is 12.1. The minimum absolute atomic E-state index is 0.117. The van der Waals surface area contributed by atoms with Crippen LogP contribution in [0.25, 0.3) is 0 Å². The molecule has 0 spiro atoms. The summed E-state index contributed by atoms with van der Waals surface area (Å²) in [6.07, 6.45) is 0.470. The van der Waals surface area contributed by atoms with Crippen LogP contribution in [0.1, 0.15) is 22.2 Å². The molecule has 2 heterocycles. The van der Waals surface area contributed by atoms with Crippen molar-refractivity contribution < 1.29 is 13.6 Å². The molecule has 0 unspecified atom stereocenters. The first-order valence-corrected chi connectivity index (χ1v) is 9.33. The molecule has 1 N–H and O–H groups in total. The van der Waals surface area contributed by atoms with Crippen molar-refractivity contribution in [2.75, 3.05) is 5.75 Å². The van der Waals surface area contributed by atoms with Gasteiger partial charge in [-0.15, -0.1) is 21.5 Å². The summed E-state index contributed by atoms with van der Waals surface area (Å²) >= 11 is 2.70. The van der Waals surface area contributed by atoms with Crippen LogP contribution in [0.15, 0.2) is 39.3 Å². The second kappa shape index (κ2) is 8.21. The number of nitrogens with one attached hydrogen (secondary N) is 1. The Hall–Kier alpha value is -2.26. The number of carbonyl (C=O) groups is 1. The van der Waals surface area contributed by atoms with Gasteiger partial charge >= 0.3 is 0 Å². The number of hydrogen-bond donors (Lipinski definition) is 1. The number of rotatable bonds is 7. The Balaban J connectivity index is 1.45. The number of thiazole rings is 1. The topological polar surface area (TPSA) is 80.9 Å². The van der Waals surface area contributed by atoms with Gasteiger partial charge in [-0.1, -0.05) is 30.0 Å². The first-order valence-electron chi connectivity index (χ1n) is 7.46. The number of amides is 1. The summed E-state index contributed by atoms with van der Waals surface area (Å²) in [6, 6.07) is 6.33. The van der Waals surface area contributed by atoms with Crippen LogP contribution in [-0.4, -0.2) is 26.8 Å². The average Bonchev–Trinajstić information content (AvgIpc) is 3.21. The van der Waals surface area contributed by atoms with Gasteiger partial charge < -0.3 is 9.73 Å². The van der Waals surface area contributed by atoms with Gasteiger partial charge in [-0.3, -0.25) is 4.79 Å². The minimum Gasteiger partial charge on any atom is -0.416 e. The van der Waals surface area contributed by atoms with E-state index in [0.717, 1.165) is 22.5 Å². The fourth-order valence-corrected chi connectivity index (χ4v) is 3.25. The maximum atomic E-state index is 13.5. The summed E-state index contributed by atoms with van der Waals surface area (Å²) in [5.74, 6) is 0.00304. The zero-order chi connectivity index (χ0) is 17.6. The van der Waals surface area contributed by atoms with Gasteiger partial charge in [0.05, 0.1) is 22.9 Å². The van der Waals surface area contributed by atoms with Gasteiger partial charge in [0, 0.05) is 17.5 Å². The van der Waals surface area contributed by atoms with Gasteiger partial charge in [-0.05, 0) is 13.0 Å². The van der Waals surface area contributed by atoms with E-state index >= 15 is 0 Å². The molecule has 0 bridgehead atoms. The molecule has 0 aliphatic heterocycles. The molecule has 0 fully saturated rings. The lowest BCUT2D eigenvalue weighted by molar-refractivity contribution is -0.118. The number of carbonyl (C=O) groups excluding carboxylic acids is 1. The Morgan fingerprint density at radius 1 is 1.36 bits per heavy atom. The highest BCUT2D eigenvalue weighted by Gasteiger charge is 2.12. The maximum Gasteiger partial charge on any atom is 0.277 e. The summed E-state index contributed by atoms with van der Waals surface area (Å²) in [6.45, 7) is 2.08. The van der Waals surface area contributed by atoms with Crippen LogP contribution < -0.4 is 5.32 Å². The molecule has 0 aliphatic rings. The number of aryl methyl sites for hydroxylation is 1. The van der Waals surface area contributed by atoms with E-state index in [1.165, 1.54) is 6.07 Å². The van der Waals surface area contributed by atoms with Gasteiger partial charge in [0.1, 0.15) is 5.82 Å². The first kappa shape index (κ1) is 17.6. The number of thioether (sulfide) groups is 1. The second-order valence-corrected chi connectivity index (χ2v) is 7.14. The van der Waals surface area contributed by atoms with Crippen molar-refractivity contribution in [3.05, 3.63) is 57.6 Å². The summed E-state index contributed by atoms with van der Waals surface area (Å²) in [7, 11) is 0. The zero-order valence-corrected chi connectivity index (χ0v) is 15.0. The normalized spacial score (nSPS) is 10.8. The van der Waals surface area contributed by atoms with Crippen molar-refractivity contribution in [2.45, 2.75) is 25.1 Å². The van der Waals surface area contributed by atoms with Crippen LogP contribution in [0.2, 0.25) is 0 Å². The van der Waals surface area contributed by atoms with Gasteiger partial charge in [-0.25, -0.2) is 9.37 Å². The summed E-state index contributed by atoms with van der Waals surface area (Å²) in [5, 5.41) is 13.8. The lowest BCUT2D eigenvalue weighted by Gasteiger charge is -2.05. The van der Waals surface area contributed by atoms with Gasteiger partial charge in [0.15, 0.2) is 0 Å². The molecule has 6 nitrogen and oxygen atoms in total. The van der Waals surface area contributed by atoms with Crippen molar-refractivity contribution in [1.29, 1.82) is 0 Å². The quantitative estimate of drug-likeness (QED) is 0.637. The molecule has 0 radical (unpaired) electrons. The van der Waals surface area contributed by atoms with Gasteiger partial charge in [0.25, 0.3) is 5.22 Å². The van der Waals surface area contributed by atoms with Crippen LogP contribution in [0.3, 0.4) is 0 Å². The number of benzene rings is 1. The Morgan fingerprint density at radius 2 is 2.20 bits per heavy atom. The minimum atomic E-state index is -0.339. The average molecular weight is 378 g/mol. The highest BCUT2D eigenvalue weighted by atomic mass is 32.2. The molecular formula is C16H15FN4O2S2. The van der Waals surface area contributed by atoms with E-state index in [9.17, 15) is 9.18 Å². The van der Waals surface area contributed by atoms with Gasteiger partial charge in [0.2, 0.25) is 11.8 Å². The summed E-state index contributed by atoms with van der Waals surface area (Å²) in [4.78, 5) is 16.2. The van der Waals surface area contributed by atoms with Crippen molar-refractivity contribution in [3.8, 4) is 0 Å². The fraction of sp³-hybridized carbons (Fsp3) is 0.250. The van der Waals surface area contributed by atoms with Crippen LogP contribution in [0.4, 0.5) is 4.39 Å². The Bertz CT molecular complexity index is 865. The van der Waals surface area contributed by atoms with E-state index in [2.05, 4.69) is 20.5 Å². The largest absolute Gasteiger partial charge is 0.416 e. The van der Waals surface area contributed by atoms with Crippen molar-refractivity contribution in [3.63, 3.8) is 0 Å². The second-order valence-electron chi connectivity index (χ2n) is 5.15. The predicted octanol–water partition coefficient (Wildman–Crippen LogP) is 2.97. The molecule has 1 aromatic carbocycles. The number of aromatic nitrogens is 3. The monoisotopic (exact) mass is 378 g/mol. The Morgan fingerprint density at radius 3 is 2.96 bits per heavy atom. The number of hydrogen-bond acceptors (Lipinski definition) is 7. The molecule has 0 atom stereocenters. The third kappa shape index (κ3) is 5.10. The maximum absolute atomic E-state index is 13.5. The molecule has 0 saturated heterocycles. The molecular weight excluding hydrogens is 363 g/mol. The van der Waals surface area contributed by atoms with Crippen LogP contribution in [0, 0.1) is 12.7 Å². The summed E-state index contributed by atoms with van der Waals surface area (Å²) in [5.41, 5.74) is 1.32. The van der Waals surface area contributed by atoms with Crippen molar-refractivity contribution in [2.24, 2.45) is 0 Å². The molecule has 130 valence electrons. The molecule has 2 aromatic heterocycles. The third-order valence-corrected chi connectivity index (χ3v) is 4.85. The highest BCUT2D eigenvalue weighted by molar-refractivity contribution is 7.99. The highest BCUT2D eigenvalue weighted by Crippen LogP contribution is 2.18. The smallest absolute Gasteiger partial charge is 0.277 e. The molecule has 25 heavy (non-hydrogen) atoms. The van der Waals surface area contributed by atoms with Crippen LogP contribution in [0.5, 0.6) is 0 Å². The lowest BCUT2D eigenvalue weighted by atomic mass is 10.2. The fourth-order valence-electron chi connectivity index (χ4n) is 2.03. The third-order valence-electron chi connectivity index (χ3n) is 3.21. The molecule has 3 aromatic rings. The number of nitrogens with zero attached hydrogens (tertiary/aromatic N) is 3. The van der Waals surface area contributed by atoms with Gasteiger partial charge in [-0.2, -0.15) is 0 Å². The molecule has 0 saturated carbocycles. The van der Waals surface area contributed by atoms with E-state index in [-0.39, 0.29) is 24.0 Å². The van der Waals surface area contributed by atoms with Crippen molar-refractivity contribution >= 4 is 29.0 Å². The molecule has 1 amide bonds. The Labute approximate surface area is 151 Å². The van der Waals surface area contributed by atoms with Crippen molar-refractivity contribution in [1.82, 2.24) is 20.5 Å². The molecule has 0 aliphatic carbocycles. The SMILES string of the molecule is Cc1nc(Cc2nnc(SCC(=O)NCc3ccccc3F)o2)cs1. The van der Waals surface area contributed by atoms with E-state index in [0.29, 0.717) is 23.1 Å². The number of halogens is 1. The lowest BCUT2D eigenvalue weighted by Crippen LogP contribution is -2.25.